The molecule has 0 saturated carbocycles. The molecule has 4 bridgehead atoms. The first-order valence-electron chi connectivity index (χ1n) is 10.0. The number of ether oxygens (including phenoxy) is 2. The lowest BCUT2D eigenvalue weighted by Crippen LogP contribution is -2.68. The molecule has 5 aliphatic heterocycles. The number of nitrogens with zero attached hydrogens (tertiary/aromatic N) is 1. The highest BCUT2D eigenvalue weighted by molar-refractivity contribution is 5.29. The van der Waals surface area contributed by atoms with Crippen LogP contribution in [0.1, 0.15) is 18.4 Å². The first kappa shape index (κ1) is 16.0. The van der Waals surface area contributed by atoms with Crippen LogP contribution in [-0.2, 0) is 16.0 Å². The van der Waals surface area contributed by atoms with E-state index in [2.05, 4.69) is 35.2 Å². The van der Waals surface area contributed by atoms with Gasteiger partial charge in [-0.25, -0.2) is 0 Å². The normalized spacial score (nSPS) is 51.2. The number of aliphatic hydroxyl groups is 2. The Hall–Kier alpha value is -0.980. The third-order valence-electron chi connectivity index (χ3n) is 8.07. The Kier molecular flexibility index (Phi) is 3.26. The van der Waals surface area contributed by atoms with E-state index in [1.807, 2.05) is 0 Å². The number of hydrogen-bond donors (Lipinski definition) is 2. The predicted molar refractivity (Wildman–Crippen MR) is 94.3 cm³/mol. The van der Waals surface area contributed by atoms with Crippen molar-refractivity contribution < 1.29 is 19.7 Å². The van der Waals surface area contributed by atoms with Crippen LogP contribution in [0.15, 0.2) is 30.3 Å². The van der Waals surface area contributed by atoms with Crippen LogP contribution in [0.3, 0.4) is 0 Å². The second-order valence-corrected chi connectivity index (χ2v) is 9.12. The van der Waals surface area contributed by atoms with Crippen LogP contribution in [0.4, 0.5) is 0 Å². The summed E-state index contributed by atoms with van der Waals surface area (Å²) in [6, 6.07) is 10.6. The van der Waals surface area contributed by atoms with Crippen molar-refractivity contribution in [3.8, 4) is 0 Å². The molecule has 5 saturated heterocycles. The lowest BCUT2D eigenvalue weighted by Gasteiger charge is -2.55. The fourth-order valence-electron chi connectivity index (χ4n) is 7.46. The van der Waals surface area contributed by atoms with Gasteiger partial charge in [0.15, 0.2) is 0 Å². The second-order valence-electron chi connectivity index (χ2n) is 9.12. The van der Waals surface area contributed by atoms with Crippen molar-refractivity contribution in [1.82, 2.24) is 4.90 Å². The molecule has 2 spiro atoms. The van der Waals surface area contributed by atoms with E-state index in [0.29, 0.717) is 11.8 Å². The van der Waals surface area contributed by atoms with E-state index in [0.717, 1.165) is 32.5 Å². The summed E-state index contributed by atoms with van der Waals surface area (Å²) in [6.45, 7) is 2.86. The van der Waals surface area contributed by atoms with Crippen molar-refractivity contribution >= 4 is 0 Å². The second kappa shape index (κ2) is 5.30. The first-order valence-corrected chi connectivity index (χ1v) is 10.0. The van der Waals surface area contributed by atoms with Crippen LogP contribution >= 0.6 is 0 Å². The number of benzene rings is 1. The number of piperidine rings is 1. The molecule has 140 valence electrons. The van der Waals surface area contributed by atoms with Crippen molar-refractivity contribution in [1.29, 1.82) is 0 Å². The zero-order chi connectivity index (χ0) is 17.5. The molecule has 0 radical (unpaired) electrons. The zero-order valence-corrected chi connectivity index (χ0v) is 15.0. The summed E-state index contributed by atoms with van der Waals surface area (Å²) in [6.07, 6.45) is 2.53. The molecule has 5 nitrogen and oxygen atoms in total. The Labute approximate surface area is 153 Å². The van der Waals surface area contributed by atoms with Gasteiger partial charge in [0.2, 0.25) is 0 Å². The standard InChI is InChI=1S/C21H27NO4/c23-9-14-15(10-24)21-12-22(8-13-4-2-1-3-5-13)11-20-7-6-16(25-20)17(19(20)21)18(14)26-21/h1-5,14-19,23-24H,6-12H2. The van der Waals surface area contributed by atoms with Crippen molar-refractivity contribution in [3.63, 3.8) is 0 Å². The first-order chi connectivity index (χ1) is 12.7. The highest BCUT2D eigenvalue weighted by atomic mass is 16.6. The minimum Gasteiger partial charge on any atom is -0.396 e. The van der Waals surface area contributed by atoms with Gasteiger partial charge < -0.3 is 19.7 Å². The van der Waals surface area contributed by atoms with Crippen LogP contribution in [0, 0.1) is 23.7 Å². The van der Waals surface area contributed by atoms with Gasteiger partial charge in [-0.15, -0.1) is 0 Å². The van der Waals surface area contributed by atoms with E-state index in [4.69, 9.17) is 9.47 Å². The average Bonchev–Trinajstić information content (AvgIpc) is 3.37. The number of hydrogen-bond acceptors (Lipinski definition) is 5. The maximum absolute atomic E-state index is 10.2. The molecule has 2 N–H and O–H groups in total. The Morgan fingerprint density at radius 2 is 1.92 bits per heavy atom. The van der Waals surface area contributed by atoms with Gasteiger partial charge in [0.05, 0.1) is 23.4 Å². The molecule has 0 aromatic heterocycles. The third-order valence-corrected chi connectivity index (χ3v) is 8.07. The summed E-state index contributed by atoms with van der Waals surface area (Å²) in [5.74, 6) is 0.836. The lowest BCUT2D eigenvalue weighted by atomic mass is 9.53. The summed E-state index contributed by atoms with van der Waals surface area (Å²) in [4.78, 5) is 2.47. The van der Waals surface area contributed by atoms with Gasteiger partial charge in [-0.2, -0.15) is 0 Å². The maximum Gasteiger partial charge on any atom is 0.0927 e. The zero-order valence-electron chi connectivity index (χ0n) is 15.0. The number of fused-ring (bicyclic) bond motifs is 4. The van der Waals surface area contributed by atoms with Gasteiger partial charge >= 0.3 is 0 Å². The van der Waals surface area contributed by atoms with Crippen molar-refractivity contribution in [3.05, 3.63) is 35.9 Å². The molecular weight excluding hydrogens is 330 g/mol. The van der Waals surface area contributed by atoms with Crippen LogP contribution in [0.5, 0.6) is 0 Å². The quantitative estimate of drug-likeness (QED) is 0.843. The fraction of sp³-hybridized carbons (Fsp3) is 0.714. The Morgan fingerprint density at radius 1 is 1.08 bits per heavy atom. The SMILES string of the molecule is OCC1C2OC3(CN(Cc4ccccc4)CC45CCC(O4)C2C53)C1CO. The Bertz CT molecular complexity index is 713. The van der Waals surface area contributed by atoms with Gasteiger partial charge in [0, 0.05) is 56.5 Å². The van der Waals surface area contributed by atoms with E-state index in [9.17, 15) is 10.2 Å². The topological polar surface area (TPSA) is 62.2 Å². The van der Waals surface area contributed by atoms with E-state index in [-0.39, 0.29) is 48.5 Å². The molecule has 8 unspecified atom stereocenters. The molecule has 5 heterocycles. The minimum atomic E-state index is -0.361. The van der Waals surface area contributed by atoms with Crippen molar-refractivity contribution in [2.75, 3.05) is 26.3 Å². The molecule has 5 heteroatoms. The molecule has 5 fully saturated rings. The lowest BCUT2D eigenvalue weighted by molar-refractivity contribution is -0.170. The summed E-state index contributed by atoms with van der Waals surface area (Å²) < 4.78 is 13.3. The van der Waals surface area contributed by atoms with E-state index >= 15 is 0 Å². The summed E-state index contributed by atoms with van der Waals surface area (Å²) in [7, 11) is 0. The highest BCUT2D eigenvalue weighted by Gasteiger charge is 2.80. The molecule has 1 aromatic carbocycles. The van der Waals surface area contributed by atoms with Gasteiger partial charge in [0.25, 0.3) is 0 Å². The summed E-state index contributed by atoms with van der Waals surface area (Å²) in [5, 5.41) is 20.2. The number of likely N-dealkylation sites (tertiary alicyclic amines) is 1. The summed E-state index contributed by atoms with van der Waals surface area (Å²) in [5.41, 5.74) is 0.819. The average molecular weight is 357 g/mol. The van der Waals surface area contributed by atoms with Gasteiger partial charge in [0.1, 0.15) is 0 Å². The molecule has 0 amide bonds. The summed E-state index contributed by atoms with van der Waals surface area (Å²) >= 11 is 0. The molecule has 0 aliphatic carbocycles. The molecule has 26 heavy (non-hydrogen) atoms. The van der Waals surface area contributed by atoms with Crippen molar-refractivity contribution in [2.45, 2.75) is 42.8 Å². The fourth-order valence-corrected chi connectivity index (χ4v) is 7.46. The molecule has 6 rings (SSSR count). The van der Waals surface area contributed by atoms with Gasteiger partial charge in [-0.3, -0.25) is 4.90 Å². The highest BCUT2D eigenvalue weighted by Crippen LogP contribution is 2.70. The maximum atomic E-state index is 10.2. The molecular formula is C21H27NO4. The monoisotopic (exact) mass is 357 g/mol. The molecule has 8 atom stereocenters. The molecule has 1 aromatic rings. The van der Waals surface area contributed by atoms with Crippen LogP contribution in [0.2, 0.25) is 0 Å². The Morgan fingerprint density at radius 3 is 2.69 bits per heavy atom. The van der Waals surface area contributed by atoms with Crippen LogP contribution in [0.25, 0.3) is 0 Å². The third kappa shape index (κ3) is 1.79. The minimum absolute atomic E-state index is 0.0112. The largest absolute Gasteiger partial charge is 0.396 e. The smallest absolute Gasteiger partial charge is 0.0927 e. The van der Waals surface area contributed by atoms with E-state index < -0.39 is 0 Å². The van der Waals surface area contributed by atoms with Gasteiger partial charge in [-0.1, -0.05) is 30.3 Å². The van der Waals surface area contributed by atoms with E-state index in [1.54, 1.807) is 0 Å². The Balaban J connectivity index is 1.40. The van der Waals surface area contributed by atoms with E-state index in [1.165, 1.54) is 5.56 Å². The van der Waals surface area contributed by atoms with Crippen LogP contribution in [-0.4, -0.2) is 64.8 Å². The van der Waals surface area contributed by atoms with Crippen LogP contribution < -0.4 is 0 Å². The number of rotatable bonds is 4. The van der Waals surface area contributed by atoms with Crippen molar-refractivity contribution in [2.24, 2.45) is 23.7 Å². The predicted octanol–water partition coefficient (Wildman–Crippen LogP) is 1.03. The van der Waals surface area contributed by atoms with Gasteiger partial charge in [-0.05, 0) is 18.4 Å². The molecule has 5 aliphatic rings. The number of aliphatic hydroxyl groups excluding tert-OH is 2.